The van der Waals surface area contributed by atoms with Crippen LogP contribution in [0.5, 0.6) is 0 Å². The molecule has 2 heterocycles. The van der Waals surface area contributed by atoms with Crippen molar-refractivity contribution in [3.63, 3.8) is 0 Å². The van der Waals surface area contributed by atoms with Gasteiger partial charge < -0.3 is 15.1 Å². The molecule has 3 rings (SSSR count). The maximum Gasteiger partial charge on any atom is 0.339 e. The molecular weight excluding hydrogens is 386 g/mol. The molecule has 10 heteroatoms. The molecule has 0 saturated carbocycles. The van der Waals surface area contributed by atoms with Crippen molar-refractivity contribution < 1.29 is 27.8 Å². The summed E-state index contributed by atoms with van der Waals surface area (Å²) in [6, 6.07) is 4.95. The van der Waals surface area contributed by atoms with E-state index in [1.807, 2.05) is 6.92 Å². The van der Waals surface area contributed by atoms with E-state index in [9.17, 15) is 23.5 Å². The molecule has 2 atom stereocenters. The topological polar surface area (TPSA) is 124 Å². The lowest BCUT2D eigenvalue weighted by molar-refractivity contribution is -0.620. The monoisotopic (exact) mass is 407 g/mol. The maximum atomic E-state index is 13.0. The first-order chi connectivity index (χ1) is 13.2. The van der Waals surface area contributed by atoms with Crippen LogP contribution < -0.4 is 4.73 Å². The minimum Gasteiger partial charge on any atom is -0.711 e. The quantitative estimate of drug-likeness (QED) is 0.426. The second-order valence-electron chi connectivity index (χ2n) is 6.70. The lowest BCUT2D eigenvalue weighted by Gasteiger charge is -2.22. The van der Waals surface area contributed by atoms with Gasteiger partial charge in [0.2, 0.25) is 10.0 Å². The van der Waals surface area contributed by atoms with E-state index in [1.165, 1.54) is 30.6 Å². The number of carbonyl (C=O) groups excluding carboxylic acids is 1. The maximum absolute atomic E-state index is 13.0. The van der Waals surface area contributed by atoms with Crippen molar-refractivity contribution in [3.05, 3.63) is 58.8 Å². The molecule has 1 fully saturated rings. The van der Waals surface area contributed by atoms with Crippen LogP contribution in [0.3, 0.4) is 0 Å². The van der Waals surface area contributed by atoms with Gasteiger partial charge in [0.15, 0.2) is 6.61 Å². The molecule has 0 bridgehead atoms. The number of rotatable bonds is 5. The second kappa shape index (κ2) is 7.82. The Labute approximate surface area is 162 Å². The minimum absolute atomic E-state index is 0.0297. The van der Waals surface area contributed by atoms with Gasteiger partial charge in [-0.3, -0.25) is 4.79 Å². The third-order valence-electron chi connectivity index (χ3n) is 4.72. The molecule has 1 saturated heterocycles. The van der Waals surface area contributed by atoms with Crippen LogP contribution in [0.15, 0.2) is 41.6 Å². The molecule has 0 spiro atoms. The highest BCUT2D eigenvalue weighted by atomic mass is 32.2. The van der Waals surface area contributed by atoms with Gasteiger partial charge in [0.1, 0.15) is 12.2 Å². The second-order valence-corrected chi connectivity index (χ2v) is 8.59. The molecule has 0 aliphatic carbocycles. The Kier molecular flexibility index (Phi) is 5.64. The number of hydrogen-bond donors (Lipinski definition) is 1. The average molecular weight is 407 g/mol. The van der Waals surface area contributed by atoms with Gasteiger partial charge in [-0.05, 0) is 42.1 Å². The first-order valence-corrected chi connectivity index (χ1v) is 10.1. The summed E-state index contributed by atoms with van der Waals surface area (Å²) in [5.74, 6) is -0.868. The van der Waals surface area contributed by atoms with E-state index in [0.717, 1.165) is 15.4 Å². The Morgan fingerprint density at radius 1 is 1.39 bits per heavy atom. The summed E-state index contributed by atoms with van der Waals surface area (Å²) in [6.45, 7) is 3.06. The van der Waals surface area contributed by atoms with Gasteiger partial charge in [-0.2, -0.15) is 4.31 Å². The number of sulfonamides is 1. The highest BCUT2D eigenvalue weighted by Crippen LogP contribution is 2.28. The zero-order chi connectivity index (χ0) is 20.5. The van der Waals surface area contributed by atoms with Crippen molar-refractivity contribution in [1.82, 2.24) is 9.29 Å². The van der Waals surface area contributed by atoms with E-state index >= 15 is 0 Å². The minimum atomic E-state index is -4.01. The zero-order valence-electron chi connectivity index (χ0n) is 15.5. The summed E-state index contributed by atoms with van der Waals surface area (Å²) >= 11 is 0. The highest BCUT2D eigenvalue weighted by Gasteiger charge is 2.44. The van der Waals surface area contributed by atoms with Crippen molar-refractivity contribution >= 4 is 16.0 Å². The molecule has 0 radical (unpaired) electrons. The average Bonchev–Trinajstić information content (AvgIpc) is 3.05. The van der Waals surface area contributed by atoms with Crippen LogP contribution in [-0.2, 0) is 26.2 Å². The standard InChI is InChI=1S/C18H21N3O6S/c1-12-4-5-15(8-13(12)2)28(25,26)21-10-14(22)9-16(21)18(23)27-11-17-19-6-3-7-20(17)24/h3-8,14,16,22H,9-11H2,1-2H3/t14?,16-/m0/s1. The summed E-state index contributed by atoms with van der Waals surface area (Å²) in [6.07, 6.45) is 1.53. The fourth-order valence-electron chi connectivity index (χ4n) is 3.00. The van der Waals surface area contributed by atoms with Gasteiger partial charge in [0.05, 0.1) is 17.2 Å². The summed E-state index contributed by atoms with van der Waals surface area (Å²) in [5, 5.41) is 21.6. The number of aryl methyl sites for hydroxylation is 2. The first-order valence-electron chi connectivity index (χ1n) is 8.67. The molecular formula is C18H21N3O6S. The Morgan fingerprint density at radius 3 is 2.82 bits per heavy atom. The normalized spacial score (nSPS) is 20.2. The van der Waals surface area contributed by atoms with Crippen molar-refractivity contribution in [2.24, 2.45) is 0 Å². The van der Waals surface area contributed by atoms with Gasteiger partial charge in [-0.15, -0.1) is 0 Å². The van der Waals surface area contributed by atoms with Crippen LogP contribution >= 0.6 is 0 Å². The van der Waals surface area contributed by atoms with Crippen LogP contribution in [0.1, 0.15) is 23.4 Å². The fraction of sp³-hybridized carbons (Fsp3) is 0.389. The highest BCUT2D eigenvalue weighted by molar-refractivity contribution is 7.89. The predicted octanol–water partition coefficient (Wildman–Crippen LogP) is 0.199. The number of nitrogens with zero attached hydrogens (tertiary/aromatic N) is 3. The predicted molar refractivity (Wildman–Crippen MR) is 97.2 cm³/mol. The van der Waals surface area contributed by atoms with Crippen LogP contribution in [0.2, 0.25) is 0 Å². The van der Waals surface area contributed by atoms with Gasteiger partial charge in [0, 0.05) is 19.0 Å². The molecule has 9 nitrogen and oxygen atoms in total. The third kappa shape index (κ3) is 3.98. The van der Waals surface area contributed by atoms with E-state index in [0.29, 0.717) is 4.73 Å². The van der Waals surface area contributed by atoms with E-state index in [-0.39, 0.29) is 23.7 Å². The zero-order valence-corrected chi connectivity index (χ0v) is 16.3. The molecule has 1 aromatic carbocycles. The molecule has 1 aliphatic heterocycles. The number of esters is 1. The SMILES string of the molecule is Cc1ccc(S(=O)(=O)N2CC(O)C[C@H]2C(=O)OCc2nccc[n+]2[O-])cc1C. The van der Waals surface area contributed by atoms with Crippen LogP contribution in [0, 0.1) is 19.1 Å². The van der Waals surface area contributed by atoms with Crippen LogP contribution in [0.4, 0.5) is 0 Å². The Morgan fingerprint density at radius 2 is 2.14 bits per heavy atom. The van der Waals surface area contributed by atoms with E-state index in [4.69, 9.17) is 4.74 Å². The van der Waals surface area contributed by atoms with Crippen LogP contribution in [-0.4, -0.2) is 47.5 Å². The number of hydrogen-bond acceptors (Lipinski definition) is 7. The third-order valence-corrected chi connectivity index (χ3v) is 6.59. The van der Waals surface area contributed by atoms with Gasteiger partial charge >= 0.3 is 11.8 Å². The Bertz CT molecular complexity index is 995. The van der Waals surface area contributed by atoms with Gasteiger partial charge in [-0.25, -0.2) is 13.1 Å². The lowest BCUT2D eigenvalue weighted by atomic mass is 10.1. The molecule has 28 heavy (non-hydrogen) atoms. The number of benzene rings is 1. The molecule has 1 N–H and O–H groups in total. The number of ether oxygens (including phenoxy) is 1. The summed E-state index contributed by atoms with van der Waals surface area (Å²) < 4.78 is 32.6. The number of carbonyl (C=O) groups is 1. The van der Waals surface area contributed by atoms with Gasteiger partial charge in [-0.1, -0.05) is 6.07 Å². The Hall–Kier alpha value is -2.56. The Balaban J connectivity index is 1.81. The molecule has 2 aromatic rings. The molecule has 1 aromatic heterocycles. The smallest absolute Gasteiger partial charge is 0.339 e. The molecule has 0 amide bonds. The number of β-amino-alcohol motifs (C(OH)–C–C–N with tert-alkyl or cyclic N) is 1. The largest absolute Gasteiger partial charge is 0.711 e. The van der Waals surface area contributed by atoms with Crippen molar-refractivity contribution in [3.8, 4) is 0 Å². The summed E-state index contributed by atoms with van der Waals surface area (Å²) in [4.78, 5) is 16.4. The van der Waals surface area contributed by atoms with E-state index in [1.54, 1.807) is 13.0 Å². The van der Waals surface area contributed by atoms with Gasteiger partial charge in [0.25, 0.3) is 0 Å². The number of aromatic nitrogens is 2. The van der Waals surface area contributed by atoms with E-state index < -0.39 is 34.7 Å². The summed E-state index contributed by atoms with van der Waals surface area (Å²) in [7, 11) is -4.01. The summed E-state index contributed by atoms with van der Waals surface area (Å²) in [5.41, 5.74) is 1.74. The van der Waals surface area contributed by atoms with Crippen molar-refractivity contribution in [2.45, 2.75) is 43.9 Å². The number of aliphatic hydroxyl groups excluding tert-OH is 1. The molecule has 150 valence electrons. The first kappa shape index (κ1) is 20.2. The molecule has 1 unspecified atom stereocenters. The van der Waals surface area contributed by atoms with Crippen molar-refractivity contribution in [1.29, 1.82) is 0 Å². The lowest BCUT2D eigenvalue weighted by Crippen LogP contribution is -2.42. The van der Waals surface area contributed by atoms with Crippen LogP contribution in [0.25, 0.3) is 0 Å². The van der Waals surface area contributed by atoms with Crippen molar-refractivity contribution in [2.75, 3.05) is 6.54 Å². The number of aliphatic hydroxyl groups is 1. The fourth-order valence-corrected chi connectivity index (χ4v) is 4.71. The molecule has 1 aliphatic rings. The van der Waals surface area contributed by atoms with E-state index in [2.05, 4.69) is 4.98 Å².